The van der Waals surface area contributed by atoms with Crippen molar-refractivity contribution >= 4 is 16.7 Å². The predicted molar refractivity (Wildman–Crippen MR) is 73.2 cm³/mol. The Morgan fingerprint density at radius 3 is 2.79 bits per heavy atom. The maximum Gasteiger partial charge on any atom is 0.186 e. The van der Waals surface area contributed by atoms with Crippen LogP contribution in [-0.2, 0) is 11.3 Å². The van der Waals surface area contributed by atoms with E-state index in [0.717, 1.165) is 30.7 Å². The highest BCUT2D eigenvalue weighted by Gasteiger charge is 2.23. The van der Waals surface area contributed by atoms with Gasteiger partial charge in [0, 0.05) is 23.8 Å². The van der Waals surface area contributed by atoms with Crippen molar-refractivity contribution in [2.75, 3.05) is 13.2 Å². The molecule has 4 nitrogen and oxygen atoms in total. The summed E-state index contributed by atoms with van der Waals surface area (Å²) in [6, 6.07) is 7.95. The first-order valence-corrected chi connectivity index (χ1v) is 6.74. The zero-order valence-electron chi connectivity index (χ0n) is 11.3. The fraction of sp³-hybridized carbons (Fsp3) is 0.467. The predicted octanol–water partition coefficient (Wildman–Crippen LogP) is 2.52. The fourth-order valence-corrected chi connectivity index (χ4v) is 2.36. The van der Waals surface area contributed by atoms with E-state index in [0.29, 0.717) is 11.6 Å². The van der Waals surface area contributed by atoms with Crippen LogP contribution >= 0.6 is 0 Å². The van der Waals surface area contributed by atoms with Crippen LogP contribution < -0.4 is 0 Å². The Bertz CT molecular complexity index is 612. The van der Waals surface area contributed by atoms with Gasteiger partial charge >= 0.3 is 0 Å². The molecule has 1 aliphatic rings. The van der Waals surface area contributed by atoms with E-state index in [4.69, 9.17) is 4.74 Å². The zero-order chi connectivity index (χ0) is 13.4. The number of Topliss-reactive ketones (excluding diaryl/α,β-unsaturated/α-hetero) is 1. The van der Waals surface area contributed by atoms with Gasteiger partial charge < -0.3 is 4.74 Å². The smallest absolute Gasteiger partial charge is 0.186 e. The molecule has 1 aliphatic heterocycles. The normalized spacial score (nSPS) is 15.9. The van der Waals surface area contributed by atoms with E-state index in [9.17, 15) is 4.79 Å². The van der Waals surface area contributed by atoms with E-state index in [-0.39, 0.29) is 11.7 Å². The fourth-order valence-electron chi connectivity index (χ4n) is 2.36. The molecule has 100 valence electrons. The summed E-state index contributed by atoms with van der Waals surface area (Å²) < 4.78 is 7.16. The van der Waals surface area contributed by atoms with Crippen LogP contribution in [0.1, 0.15) is 24.3 Å². The molecule has 0 N–H and O–H groups in total. The molecule has 0 aliphatic carbocycles. The molecule has 0 atom stereocenters. The molecule has 0 amide bonds. The van der Waals surface area contributed by atoms with Gasteiger partial charge in [0.25, 0.3) is 0 Å². The minimum absolute atomic E-state index is 0.0289. The molecule has 2 aromatic rings. The van der Waals surface area contributed by atoms with Crippen molar-refractivity contribution in [3.63, 3.8) is 0 Å². The minimum Gasteiger partial charge on any atom is -0.381 e. The van der Waals surface area contributed by atoms with Crippen molar-refractivity contribution in [3.8, 4) is 0 Å². The van der Waals surface area contributed by atoms with Gasteiger partial charge in [-0.15, -0.1) is 0 Å². The standard InChI is InChI=1S/C15H18N2O2/c1-10(2)15(18)14-12-5-3-4-6-13(12)17(16-14)7-11-8-19-9-11/h3-6,10-11H,7-9H2,1-2H3. The van der Waals surface area contributed by atoms with Crippen molar-refractivity contribution in [1.82, 2.24) is 9.78 Å². The topological polar surface area (TPSA) is 44.1 Å². The summed E-state index contributed by atoms with van der Waals surface area (Å²) in [6.45, 7) is 6.24. The number of carbonyl (C=O) groups excluding carboxylic acids is 1. The Kier molecular flexibility index (Phi) is 3.11. The number of carbonyl (C=O) groups is 1. The first-order chi connectivity index (χ1) is 9.16. The van der Waals surface area contributed by atoms with Crippen LogP contribution in [0.3, 0.4) is 0 Å². The van der Waals surface area contributed by atoms with Gasteiger partial charge in [-0.2, -0.15) is 5.10 Å². The molecule has 0 saturated carbocycles. The quantitative estimate of drug-likeness (QED) is 0.791. The summed E-state index contributed by atoms with van der Waals surface area (Å²) in [5.41, 5.74) is 1.64. The Hall–Kier alpha value is -1.68. The number of rotatable bonds is 4. The number of hydrogen-bond acceptors (Lipinski definition) is 3. The van der Waals surface area contributed by atoms with Crippen LogP contribution in [0.5, 0.6) is 0 Å². The van der Waals surface area contributed by atoms with E-state index in [1.807, 2.05) is 42.8 Å². The summed E-state index contributed by atoms with van der Waals surface area (Å²) >= 11 is 0. The van der Waals surface area contributed by atoms with Gasteiger partial charge in [0.1, 0.15) is 5.69 Å². The van der Waals surface area contributed by atoms with Gasteiger partial charge in [-0.3, -0.25) is 9.48 Å². The highest BCUT2D eigenvalue weighted by atomic mass is 16.5. The van der Waals surface area contributed by atoms with Crippen LogP contribution in [0.15, 0.2) is 24.3 Å². The lowest BCUT2D eigenvalue weighted by molar-refractivity contribution is -0.0403. The summed E-state index contributed by atoms with van der Waals surface area (Å²) in [7, 11) is 0. The van der Waals surface area contributed by atoms with E-state index >= 15 is 0 Å². The van der Waals surface area contributed by atoms with Gasteiger partial charge in [-0.1, -0.05) is 32.0 Å². The Labute approximate surface area is 112 Å². The summed E-state index contributed by atoms with van der Waals surface area (Å²) in [5, 5.41) is 5.50. The molecule has 1 aromatic carbocycles. The van der Waals surface area contributed by atoms with Gasteiger partial charge in [0.2, 0.25) is 0 Å². The first kappa shape index (κ1) is 12.4. The number of ether oxygens (including phenoxy) is 1. The molecule has 19 heavy (non-hydrogen) atoms. The molecule has 0 spiro atoms. The SMILES string of the molecule is CC(C)C(=O)c1nn(CC2COC2)c2ccccc12. The third kappa shape index (κ3) is 2.16. The number of ketones is 1. The number of nitrogens with zero attached hydrogens (tertiary/aromatic N) is 2. The maximum atomic E-state index is 12.2. The van der Waals surface area contributed by atoms with E-state index in [2.05, 4.69) is 5.10 Å². The van der Waals surface area contributed by atoms with Crippen LogP contribution in [0, 0.1) is 11.8 Å². The Morgan fingerprint density at radius 2 is 2.16 bits per heavy atom. The molecule has 4 heteroatoms. The third-order valence-corrected chi connectivity index (χ3v) is 3.55. The van der Waals surface area contributed by atoms with Crippen molar-refractivity contribution in [1.29, 1.82) is 0 Å². The van der Waals surface area contributed by atoms with Crippen LogP contribution in [0.2, 0.25) is 0 Å². The molecule has 2 heterocycles. The maximum absolute atomic E-state index is 12.2. The zero-order valence-corrected chi connectivity index (χ0v) is 11.3. The van der Waals surface area contributed by atoms with Gasteiger partial charge in [0.05, 0.1) is 18.7 Å². The van der Waals surface area contributed by atoms with Crippen LogP contribution in [0.4, 0.5) is 0 Å². The van der Waals surface area contributed by atoms with Crippen LogP contribution in [0.25, 0.3) is 10.9 Å². The minimum atomic E-state index is -0.0289. The molecule has 3 rings (SSSR count). The first-order valence-electron chi connectivity index (χ1n) is 6.74. The summed E-state index contributed by atoms with van der Waals surface area (Å²) in [5.74, 6) is 0.601. The number of fused-ring (bicyclic) bond motifs is 1. The van der Waals surface area contributed by atoms with E-state index in [1.54, 1.807) is 0 Å². The second-order valence-corrected chi connectivity index (χ2v) is 5.47. The lowest BCUT2D eigenvalue weighted by Gasteiger charge is -2.25. The highest BCUT2D eigenvalue weighted by molar-refractivity contribution is 6.06. The van der Waals surface area contributed by atoms with Crippen LogP contribution in [-0.4, -0.2) is 28.8 Å². The number of aromatic nitrogens is 2. The molecule has 1 aromatic heterocycles. The lowest BCUT2D eigenvalue weighted by atomic mass is 10.0. The largest absolute Gasteiger partial charge is 0.381 e. The molecule has 0 unspecified atom stereocenters. The average Bonchev–Trinajstić information content (AvgIpc) is 2.72. The molecule has 0 radical (unpaired) electrons. The number of hydrogen-bond donors (Lipinski definition) is 0. The Morgan fingerprint density at radius 1 is 1.42 bits per heavy atom. The molecule has 1 fully saturated rings. The number of para-hydroxylation sites is 1. The molecule has 0 bridgehead atoms. The number of benzene rings is 1. The van der Waals surface area contributed by atoms with Crippen molar-refractivity contribution in [3.05, 3.63) is 30.0 Å². The molecular weight excluding hydrogens is 240 g/mol. The van der Waals surface area contributed by atoms with Gasteiger partial charge in [-0.05, 0) is 6.07 Å². The van der Waals surface area contributed by atoms with Crippen molar-refractivity contribution in [2.24, 2.45) is 11.8 Å². The summed E-state index contributed by atoms with van der Waals surface area (Å²) in [4.78, 5) is 12.2. The molecule has 1 saturated heterocycles. The summed E-state index contributed by atoms with van der Waals surface area (Å²) in [6.07, 6.45) is 0. The highest BCUT2D eigenvalue weighted by Crippen LogP contribution is 2.23. The monoisotopic (exact) mass is 258 g/mol. The second kappa shape index (κ2) is 4.78. The second-order valence-electron chi connectivity index (χ2n) is 5.47. The van der Waals surface area contributed by atoms with Gasteiger partial charge in [0.15, 0.2) is 5.78 Å². The Balaban J connectivity index is 2.04. The van der Waals surface area contributed by atoms with E-state index in [1.165, 1.54) is 0 Å². The van der Waals surface area contributed by atoms with E-state index < -0.39 is 0 Å². The third-order valence-electron chi connectivity index (χ3n) is 3.55. The molecular formula is C15H18N2O2. The lowest BCUT2D eigenvalue weighted by Crippen LogP contribution is -2.31. The average molecular weight is 258 g/mol. The van der Waals surface area contributed by atoms with Crippen molar-refractivity contribution < 1.29 is 9.53 Å². The van der Waals surface area contributed by atoms with Gasteiger partial charge in [-0.25, -0.2) is 0 Å². The van der Waals surface area contributed by atoms with Crippen molar-refractivity contribution in [2.45, 2.75) is 20.4 Å².